The first-order valence-corrected chi connectivity index (χ1v) is 8.56. The van der Waals surface area contributed by atoms with E-state index in [9.17, 15) is 0 Å². The third-order valence-electron chi connectivity index (χ3n) is 4.31. The zero-order valence-corrected chi connectivity index (χ0v) is 14.2. The molecule has 0 aliphatic carbocycles. The molecule has 0 unspecified atom stereocenters. The van der Waals surface area contributed by atoms with Gasteiger partial charge in [-0.15, -0.1) is 0 Å². The molecule has 0 aliphatic rings. The van der Waals surface area contributed by atoms with E-state index >= 15 is 0 Å². The molecule has 24 heavy (non-hydrogen) atoms. The molecule has 0 amide bonds. The molecular weight excluding hydrogens is 362 g/mol. The number of halogens is 1. The number of hydrogen-bond acceptors (Lipinski definition) is 2. The number of aromatic nitrogens is 1. The van der Waals surface area contributed by atoms with E-state index in [2.05, 4.69) is 46.3 Å². The van der Waals surface area contributed by atoms with Crippen LogP contribution in [0.1, 0.15) is 0 Å². The summed E-state index contributed by atoms with van der Waals surface area (Å²) in [7, 11) is 0. The molecule has 2 aromatic heterocycles. The minimum Gasteiger partial charge on any atom is -0.454 e. The highest BCUT2D eigenvalue weighted by atomic mass is 79.9. The summed E-state index contributed by atoms with van der Waals surface area (Å²) in [6.45, 7) is 0. The van der Waals surface area contributed by atoms with Crippen molar-refractivity contribution in [2.24, 2.45) is 0 Å². The minimum absolute atomic E-state index is 0.841. The summed E-state index contributed by atoms with van der Waals surface area (Å²) in [6, 6.07) is 24.6. The van der Waals surface area contributed by atoms with Crippen LogP contribution in [0.2, 0.25) is 0 Å². The predicted molar refractivity (Wildman–Crippen MR) is 102 cm³/mol. The summed E-state index contributed by atoms with van der Waals surface area (Å²) in [5.41, 5.74) is 4.63. The fraction of sp³-hybridized carbons (Fsp3) is 0. The molecule has 0 spiro atoms. The summed E-state index contributed by atoms with van der Waals surface area (Å²) in [5, 5.41) is 3.38. The molecule has 114 valence electrons. The van der Waals surface area contributed by atoms with Crippen LogP contribution in [0.15, 0.2) is 81.7 Å². The summed E-state index contributed by atoms with van der Waals surface area (Å²) in [4.78, 5) is 4.90. The van der Waals surface area contributed by atoms with Gasteiger partial charge in [0.25, 0.3) is 0 Å². The first kappa shape index (κ1) is 13.8. The van der Waals surface area contributed by atoms with Gasteiger partial charge in [0.15, 0.2) is 5.58 Å². The molecule has 5 aromatic rings. The van der Waals surface area contributed by atoms with Crippen molar-refractivity contribution < 1.29 is 4.42 Å². The van der Waals surface area contributed by atoms with Crippen LogP contribution in [0.4, 0.5) is 0 Å². The van der Waals surface area contributed by atoms with Gasteiger partial charge < -0.3 is 4.42 Å². The molecule has 3 heteroatoms. The maximum atomic E-state index is 6.21. The standard InChI is InChI=1S/C21H12BrNO/c22-14-7-5-6-13(12-14)20-21-19(15-8-1-3-10-17(15)23-20)16-9-2-4-11-18(16)24-21/h1-12H. The molecule has 3 aromatic carbocycles. The number of benzene rings is 3. The van der Waals surface area contributed by atoms with E-state index in [1.807, 2.05) is 42.5 Å². The van der Waals surface area contributed by atoms with Crippen molar-refractivity contribution in [3.05, 3.63) is 77.3 Å². The molecule has 0 saturated carbocycles. The van der Waals surface area contributed by atoms with Gasteiger partial charge in [-0.1, -0.05) is 64.5 Å². The zero-order chi connectivity index (χ0) is 16.1. The Hall–Kier alpha value is -2.65. The van der Waals surface area contributed by atoms with E-state index in [0.717, 1.165) is 48.6 Å². The molecule has 0 N–H and O–H groups in total. The zero-order valence-electron chi connectivity index (χ0n) is 12.7. The lowest BCUT2D eigenvalue weighted by molar-refractivity contribution is 0.669. The Morgan fingerprint density at radius 3 is 2.46 bits per heavy atom. The minimum atomic E-state index is 0.841. The van der Waals surface area contributed by atoms with Gasteiger partial charge in [-0.05, 0) is 24.3 Å². The summed E-state index contributed by atoms with van der Waals surface area (Å²) < 4.78 is 7.24. The average Bonchev–Trinajstić information content (AvgIpc) is 3.01. The van der Waals surface area contributed by atoms with Crippen molar-refractivity contribution in [1.29, 1.82) is 0 Å². The Balaban J connectivity index is 2.03. The van der Waals surface area contributed by atoms with Crippen molar-refractivity contribution in [3.8, 4) is 11.3 Å². The maximum absolute atomic E-state index is 6.21. The van der Waals surface area contributed by atoms with Crippen LogP contribution in [0, 0.1) is 0 Å². The van der Waals surface area contributed by atoms with E-state index in [1.165, 1.54) is 0 Å². The third-order valence-corrected chi connectivity index (χ3v) is 4.81. The Labute approximate surface area is 146 Å². The van der Waals surface area contributed by atoms with Crippen LogP contribution in [-0.2, 0) is 0 Å². The van der Waals surface area contributed by atoms with Gasteiger partial charge in [0.05, 0.1) is 5.52 Å². The van der Waals surface area contributed by atoms with Crippen LogP contribution < -0.4 is 0 Å². The molecule has 2 nitrogen and oxygen atoms in total. The van der Waals surface area contributed by atoms with Crippen LogP contribution >= 0.6 is 15.9 Å². The van der Waals surface area contributed by atoms with Gasteiger partial charge >= 0.3 is 0 Å². The van der Waals surface area contributed by atoms with Gasteiger partial charge in [-0.25, -0.2) is 4.98 Å². The normalized spacial score (nSPS) is 11.5. The Morgan fingerprint density at radius 2 is 1.58 bits per heavy atom. The van der Waals surface area contributed by atoms with Gasteiger partial charge in [-0.3, -0.25) is 0 Å². The van der Waals surface area contributed by atoms with Crippen molar-refractivity contribution in [2.75, 3.05) is 0 Å². The average molecular weight is 374 g/mol. The lowest BCUT2D eigenvalue weighted by Crippen LogP contribution is -1.87. The molecule has 0 atom stereocenters. The topological polar surface area (TPSA) is 26.0 Å². The van der Waals surface area contributed by atoms with Crippen molar-refractivity contribution in [1.82, 2.24) is 4.98 Å². The molecule has 0 bridgehead atoms. The quantitative estimate of drug-likeness (QED) is 0.332. The largest absolute Gasteiger partial charge is 0.454 e. The number of rotatable bonds is 1. The number of fused-ring (bicyclic) bond motifs is 5. The second-order valence-electron chi connectivity index (χ2n) is 5.79. The van der Waals surface area contributed by atoms with Gasteiger partial charge in [0.2, 0.25) is 0 Å². The van der Waals surface area contributed by atoms with Crippen LogP contribution in [-0.4, -0.2) is 4.98 Å². The number of hydrogen-bond donors (Lipinski definition) is 0. The van der Waals surface area contributed by atoms with E-state index in [1.54, 1.807) is 0 Å². The number of furan rings is 1. The molecule has 0 aliphatic heterocycles. The number of pyridine rings is 1. The monoisotopic (exact) mass is 373 g/mol. The fourth-order valence-corrected chi connectivity index (χ4v) is 3.66. The Morgan fingerprint density at radius 1 is 0.792 bits per heavy atom. The van der Waals surface area contributed by atoms with Crippen LogP contribution in [0.3, 0.4) is 0 Å². The second kappa shape index (κ2) is 5.18. The van der Waals surface area contributed by atoms with E-state index in [4.69, 9.17) is 9.40 Å². The highest BCUT2D eigenvalue weighted by Gasteiger charge is 2.17. The SMILES string of the molecule is Brc1cccc(-c2nc3ccccc3c3c2oc2ccccc23)c1. The third kappa shape index (κ3) is 1.98. The predicted octanol–water partition coefficient (Wildman–Crippen LogP) is 6.56. The second-order valence-corrected chi connectivity index (χ2v) is 6.71. The number of nitrogens with zero attached hydrogens (tertiary/aromatic N) is 1. The van der Waals surface area contributed by atoms with Crippen LogP contribution in [0.5, 0.6) is 0 Å². The Kier molecular flexibility index (Phi) is 2.97. The highest BCUT2D eigenvalue weighted by molar-refractivity contribution is 9.10. The smallest absolute Gasteiger partial charge is 0.162 e. The van der Waals surface area contributed by atoms with Crippen LogP contribution in [0.25, 0.3) is 44.1 Å². The fourth-order valence-electron chi connectivity index (χ4n) is 3.26. The molecule has 5 rings (SSSR count). The van der Waals surface area contributed by atoms with Crippen molar-refractivity contribution in [2.45, 2.75) is 0 Å². The molecular formula is C21H12BrNO. The summed E-state index contributed by atoms with van der Waals surface area (Å²) in [6.07, 6.45) is 0. The highest BCUT2D eigenvalue weighted by Crippen LogP contribution is 2.39. The van der Waals surface area contributed by atoms with Gasteiger partial charge in [-0.2, -0.15) is 0 Å². The molecule has 0 fully saturated rings. The Bertz CT molecular complexity index is 1220. The van der Waals surface area contributed by atoms with E-state index in [-0.39, 0.29) is 0 Å². The summed E-state index contributed by atoms with van der Waals surface area (Å²) in [5.74, 6) is 0. The summed E-state index contributed by atoms with van der Waals surface area (Å²) >= 11 is 3.55. The van der Waals surface area contributed by atoms with Crippen molar-refractivity contribution >= 4 is 48.8 Å². The van der Waals surface area contributed by atoms with Gasteiger partial charge in [0, 0.05) is 26.2 Å². The first-order chi connectivity index (χ1) is 11.8. The lowest BCUT2D eigenvalue weighted by Gasteiger charge is -2.06. The first-order valence-electron chi connectivity index (χ1n) is 7.77. The molecule has 2 heterocycles. The molecule has 0 saturated heterocycles. The molecule has 0 radical (unpaired) electrons. The van der Waals surface area contributed by atoms with E-state index < -0.39 is 0 Å². The van der Waals surface area contributed by atoms with E-state index in [0.29, 0.717) is 0 Å². The maximum Gasteiger partial charge on any atom is 0.162 e. The van der Waals surface area contributed by atoms with Gasteiger partial charge in [0.1, 0.15) is 11.3 Å². The lowest BCUT2D eigenvalue weighted by atomic mass is 10.0. The van der Waals surface area contributed by atoms with Crippen molar-refractivity contribution in [3.63, 3.8) is 0 Å². The number of para-hydroxylation sites is 2.